The second-order valence-electron chi connectivity index (χ2n) is 7.78. The Balaban J connectivity index is 1.89. The number of aryl methyl sites for hydroxylation is 1. The van der Waals surface area contributed by atoms with E-state index in [0.717, 1.165) is 49.8 Å². The average molecular weight is 397 g/mol. The molecule has 0 bridgehead atoms. The maximum atomic E-state index is 10.9. The summed E-state index contributed by atoms with van der Waals surface area (Å²) >= 11 is 0. The maximum Gasteiger partial charge on any atom is 0.317 e. The van der Waals surface area contributed by atoms with Crippen LogP contribution in [-0.4, -0.2) is 66.9 Å². The van der Waals surface area contributed by atoms with E-state index in [-0.39, 0.29) is 12.6 Å². The van der Waals surface area contributed by atoms with Gasteiger partial charge in [0.25, 0.3) is 0 Å². The summed E-state index contributed by atoms with van der Waals surface area (Å²) < 4.78 is 5.81. The van der Waals surface area contributed by atoms with Crippen LogP contribution < -0.4 is 4.90 Å². The van der Waals surface area contributed by atoms with E-state index in [1.165, 1.54) is 0 Å². The van der Waals surface area contributed by atoms with Crippen molar-refractivity contribution in [3.8, 4) is 12.1 Å². The molecule has 1 aliphatic carbocycles. The monoisotopic (exact) mass is 397 g/mol. The van der Waals surface area contributed by atoms with Crippen molar-refractivity contribution >= 4 is 11.8 Å². The Hall–Kier alpha value is -2.68. The SMILES string of the molecule is CN(CC(=O)O)CC1CN(c2nc3c(c(C#N)c2C#N)CCCCCC3)CCO1. The molecule has 1 atom stereocenters. The molecule has 1 saturated heterocycles. The molecule has 2 aliphatic rings. The predicted molar refractivity (Wildman–Crippen MR) is 107 cm³/mol. The smallest absolute Gasteiger partial charge is 0.317 e. The Bertz CT molecular complexity index is 842. The van der Waals surface area contributed by atoms with Gasteiger partial charge in [-0.05, 0) is 38.3 Å². The van der Waals surface area contributed by atoms with E-state index in [9.17, 15) is 15.3 Å². The lowest BCUT2D eigenvalue weighted by molar-refractivity contribution is -0.138. The van der Waals surface area contributed by atoms with E-state index in [1.807, 2.05) is 4.90 Å². The summed E-state index contributed by atoms with van der Waals surface area (Å²) in [6.45, 7) is 1.98. The molecule has 1 aliphatic heterocycles. The largest absolute Gasteiger partial charge is 0.480 e. The summed E-state index contributed by atoms with van der Waals surface area (Å²) in [6, 6.07) is 4.50. The molecule has 154 valence electrons. The molecule has 8 heteroatoms. The van der Waals surface area contributed by atoms with E-state index in [4.69, 9.17) is 14.8 Å². The average Bonchev–Trinajstić information content (AvgIpc) is 2.66. The van der Waals surface area contributed by atoms with Gasteiger partial charge >= 0.3 is 5.97 Å². The molecule has 1 fully saturated rings. The lowest BCUT2D eigenvalue weighted by Crippen LogP contribution is -2.48. The van der Waals surface area contributed by atoms with Crippen molar-refractivity contribution in [2.45, 2.75) is 44.6 Å². The number of pyridine rings is 1. The summed E-state index contributed by atoms with van der Waals surface area (Å²) in [7, 11) is 1.74. The molecule has 0 spiro atoms. The lowest BCUT2D eigenvalue weighted by atomic mass is 9.91. The Morgan fingerprint density at radius 2 is 1.97 bits per heavy atom. The van der Waals surface area contributed by atoms with Gasteiger partial charge in [-0.1, -0.05) is 12.8 Å². The number of nitrogens with zero attached hydrogens (tertiary/aromatic N) is 5. The maximum absolute atomic E-state index is 10.9. The van der Waals surface area contributed by atoms with Crippen molar-refractivity contribution in [2.24, 2.45) is 0 Å². The predicted octanol–water partition coefficient (Wildman–Crippen LogP) is 1.71. The summed E-state index contributed by atoms with van der Waals surface area (Å²) in [6.07, 6.45) is 5.81. The highest BCUT2D eigenvalue weighted by atomic mass is 16.5. The minimum atomic E-state index is -0.881. The van der Waals surface area contributed by atoms with Gasteiger partial charge < -0.3 is 14.7 Å². The molecule has 1 N–H and O–H groups in total. The highest BCUT2D eigenvalue weighted by Gasteiger charge is 2.28. The number of carbonyl (C=O) groups is 1. The lowest BCUT2D eigenvalue weighted by Gasteiger charge is -2.36. The number of likely N-dealkylation sites (N-methyl/N-ethyl adjacent to an activating group) is 1. The van der Waals surface area contributed by atoms with Gasteiger partial charge in [0.15, 0.2) is 0 Å². The molecule has 1 aromatic rings. The number of nitriles is 2. The van der Waals surface area contributed by atoms with Crippen LogP contribution >= 0.6 is 0 Å². The Morgan fingerprint density at radius 3 is 2.66 bits per heavy atom. The topological polar surface area (TPSA) is 113 Å². The first-order chi connectivity index (χ1) is 14.0. The number of carboxylic acid groups (broad SMARTS) is 1. The van der Waals surface area contributed by atoms with Crippen molar-refractivity contribution < 1.29 is 14.6 Å². The molecular formula is C21H27N5O3. The van der Waals surface area contributed by atoms with Gasteiger partial charge in [0.1, 0.15) is 23.5 Å². The van der Waals surface area contributed by atoms with Gasteiger partial charge in [0.05, 0.1) is 24.8 Å². The third-order valence-corrected chi connectivity index (χ3v) is 5.54. The summed E-state index contributed by atoms with van der Waals surface area (Å²) in [4.78, 5) is 19.5. The summed E-state index contributed by atoms with van der Waals surface area (Å²) in [5, 5.41) is 28.6. The van der Waals surface area contributed by atoms with Gasteiger partial charge in [0, 0.05) is 25.3 Å². The van der Waals surface area contributed by atoms with E-state index in [2.05, 4.69) is 12.1 Å². The number of aliphatic carboxylic acids is 1. The molecule has 0 amide bonds. The van der Waals surface area contributed by atoms with E-state index in [1.54, 1.807) is 11.9 Å². The standard InChI is InChI=1S/C21H27N5O3/c1-25(14-20(27)28)12-15-13-26(8-9-29-15)21-18(11-23)17(10-22)16-6-4-2-3-5-7-19(16)24-21/h15H,2-9,12-14H2,1H3,(H,27,28). The Labute approximate surface area is 171 Å². The van der Waals surface area contributed by atoms with Crippen LogP contribution in [-0.2, 0) is 22.4 Å². The van der Waals surface area contributed by atoms with Crippen molar-refractivity contribution in [3.05, 3.63) is 22.4 Å². The van der Waals surface area contributed by atoms with Crippen LogP contribution in [0.4, 0.5) is 5.82 Å². The van der Waals surface area contributed by atoms with Crippen molar-refractivity contribution in [1.82, 2.24) is 9.88 Å². The zero-order valence-corrected chi connectivity index (χ0v) is 16.9. The molecule has 2 heterocycles. The van der Waals surface area contributed by atoms with Gasteiger partial charge in [-0.25, -0.2) is 4.98 Å². The molecule has 0 radical (unpaired) electrons. The minimum Gasteiger partial charge on any atom is -0.480 e. The fourth-order valence-corrected chi connectivity index (χ4v) is 4.21. The number of morpholine rings is 1. The quantitative estimate of drug-likeness (QED) is 0.799. The zero-order valence-electron chi connectivity index (χ0n) is 16.9. The first kappa shape index (κ1) is 21.0. The number of hydrogen-bond acceptors (Lipinski definition) is 7. The van der Waals surface area contributed by atoms with E-state index in [0.29, 0.717) is 43.2 Å². The molecule has 29 heavy (non-hydrogen) atoms. The fourth-order valence-electron chi connectivity index (χ4n) is 4.21. The number of rotatable bonds is 5. The Kier molecular flexibility index (Phi) is 7.03. The van der Waals surface area contributed by atoms with Crippen LogP contribution in [0.2, 0.25) is 0 Å². The number of hydrogen-bond donors (Lipinski definition) is 1. The summed E-state index contributed by atoms with van der Waals surface area (Å²) in [5.41, 5.74) is 2.71. The van der Waals surface area contributed by atoms with Crippen LogP contribution in [0, 0.1) is 22.7 Å². The van der Waals surface area contributed by atoms with Crippen LogP contribution in [0.3, 0.4) is 0 Å². The van der Waals surface area contributed by atoms with Crippen molar-refractivity contribution in [3.63, 3.8) is 0 Å². The minimum absolute atomic E-state index is 0.0566. The normalized spacial score (nSPS) is 19.6. The molecule has 3 rings (SSSR count). The highest BCUT2D eigenvalue weighted by molar-refractivity contribution is 5.69. The highest BCUT2D eigenvalue weighted by Crippen LogP contribution is 2.30. The second kappa shape index (κ2) is 9.69. The molecule has 0 aromatic carbocycles. The fraction of sp³-hybridized carbons (Fsp3) is 0.619. The molecule has 0 saturated carbocycles. The second-order valence-corrected chi connectivity index (χ2v) is 7.78. The van der Waals surface area contributed by atoms with E-state index >= 15 is 0 Å². The first-order valence-electron chi connectivity index (χ1n) is 10.2. The third kappa shape index (κ3) is 5.03. The molecule has 1 unspecified atom stereocenters. The third-order valence-electron chi connectivity index (χ3n) is 5.54. The van der Waals surface area contributed by atoms with Gasteiger partial charge in [-0.2, -0.15) is 10.5 Å². The molecule has 1 aromatic heterocycles. The number of fused-ring (bicyclic) bond motifs is 1. The van der Waals surface area contributed by atoms with Gasteiger partial charge in [-0.15, -0.1) is 0 Å². The number of aromatic nitrogens is 1. The summed E-state index contributed by atoms with van der Waals surface area (Å²) in [5.74, 6) is -0.313. The Morgan fingerprint density at radius 1 is 1.24 bits per heavy atom. The van der Waals surface area contributed by atoms with Gasteiger partial charge in [0.2, 0.25) is 0 Å². The first-order valence-corrected chi connectivity index (χ1v) is 10.2. The number of carboxylic acids is 1. The van der Waals surface area contributed by atoms with Gasteiger partial charge in [-0.3, -0.25) is 9.69 Å². The van der Waals surface area contributed by atoms with Crippen LogP contribution in [0.5, 0.6) is 0 Å². The molecule has 8 nitrogen and oxygen atoms in total. The van der Waals surface area contributed by atoms with E-state index < -0.39 is 5.97 Å². The number of anilines is 1. The zero-order chi connectivity index (χ0) is 20.8. The van der Waals surface area contributed by atoms with Crippen LogP contribution in [0.15, 0.2) is 0 Å². The van der Waals surface area contributed by atoms with Crippen LogP contribution in [0.1, 0.15) is 48.1 Å². The number of ether oxygens (including phenoxy) is 1. The molecular weight excluding hydrogens is 370 g/mol. The van der Waals surface area contributed by atoms with Crippen molar-refractivity contribution in [2.75, 3.05) is 44.7 Å². The van der Waals surface area contributed by atoms with Crippen molar-refractivity contribution in [1.29, 1.82) is 10.5 Å². The van der Waals surface area contributed by atoms with Crippen LogP contribution in [0.25, 0.3) is 0 Å².